The Kier molecular flexibility index (Phi) is 3.26. The fraction of sp³-hybridized carbons (Fsp3) is 0.176. The van der Waals surface area contributed by atoms with Gasteiger partial charge in [0.15, 0.2) is 0 Å². The lowest BCUT2D eigenvalue weighted by atomic mass is 10.1. The molecule has 0 amide bonds. The zero-order chi connectivity index (χ0) is 16.7. The van der Waals surface area contributed by atoms with Crippen molar-refractivity contribution in [2.24, 2.45) is 0 Å². The maximum atomic E-state index is 11.9. The molecule has 0 unspecified atom stereocenters. The molecule has 120 valence electrons. The molecule has 0 spiro atoms. The van der Waals surface area contributed by atoms with Crippen molar-refractivity contribution >= 4 is 22.5 Å². The number of aromatic amines is 1. The summed E-state index contributed by atoms with van der Waals surface area (Å²) in [5, 5.41) is 8.63. The monoisotopic (exact) mass is 320 g/mol. The first kappa shape index (κ1) is 14.4. The molecule has 24 heavy (non-hydrogen) atoms. The maximum absolute atomic E-state index is 11.9. The van der Waals surface area contributed by atoms with Crippen molar-refractivity contribution in [2.75, 3.05) is 5.32 Å². The third-order valence-corrected chi connectivity index (χ3v) is 4.19. The number of aromatic nitrogens is 5. The van der Waals surface area contributed by atoms with Gasteiger partial charge in [0.05, 0.1) is 0 Å². The lowest BCUT2D eigenvalue weighted by Gasteiger charge is -2.13. The highest BCUT2D eigenvalue weighted by atomic mass is 16.1. The Hall–Kier alpha value is -3.22. The van der Waals surface area contributed by atoms with E-state index < -0.39 is 0 Å². The highest BCUT2D eigenvalue weighted by Gasteiger charge is 2.11. The minimum atomic E-state index is -0.112. The second kappa shape index (κ2) is 5.45. The van der Waals surface area contributed by atoms with Crippen LogP contribution in [-0.4, -0.2) is 24.6 Å². The largest absolute Gasteiger partial charge is 0.366 e. The molecule has 3 heterocycles. The van der Waals surface area contributed by atoms with Gasteiger partial charge in [-0.3, -0.25) is 4.79 Å². The molecular formula is C17H16N6O. The van der Waals surface area contributed by atoms with Gasteiger partial charge in [-0.1, -0.05) is 18.2 Å². The number of anilines is 1. The van der Waals surface area contributed by atoms with Gasteiger partial charge in [-0.15, -0.1) is 0 Å². The average molecular weight is 320 g/mol. The molecule has 4 aromatic rings. The molecule has 7 heteroatoms. The minimum Gasteiger partial charge on any atom is -0.366 e. The third kappa shape index (κ3) is 2.30. The highest BCUT2D eigenvalue weighted by Crippen LogP contribution is 2.20. The number of rotatable bonds is 3. The van der Waals surface area contributed by atoms with Crippen LogP contribution in [0.2, 0.25) is 0 Å². The molecule has 0 aliphatic rings. The van der Waals surface area contributed by atoms with Crippen LogP contribution in [0.5, 0.6) is 0 Å². The van der Waals surface area contributed by atoms with Crippen LogP contribution in [0, 0.1) is 13.8 Å². The summed E-state index contributed by atoms with van der Waals surface area (Å²) in [6.45, 7) is 4.43. The molecule has 0 saturated carbocycles. The van der Waals surface area contributed by atoms with Gasteiger partial charge < -0.3 is 10.3 Å². The van der Waals surface area contributed by atoms with Gasteiger partial charge in [0.25, 0.3) is 5.78 Å². The Balaban J connectivity index is 1.78. The van der Waals surface area contributed by atoms with Crippen molar-refractivity contribution in [3.8, 4) is 0 Å². The van der Waals surface area contributed by atoms with Crippen molar-refractivity contribution in [3.63, 3.8) is 0 Å². The molecule has 0 bridgehead atoms. The van der Waals surface area contributed by atoms with Gasteiger partial charge in [0.2, 0.25) is 5.56 Å². The van der Waals surface area contributed by atoms with E-state index >= 15 is 0 Å². The fourth-order valence-corrected chi connectivity index (χ4v) is 2.84. The summed E-state index contributed by atoms with van der Waals surface area (Å²) >= 11 is 0. The van der Waals surface area contributed by atoms with Gasteiger partial charge in [-0.2, -0.15) is 14.6 Å². The Morgan fingerprint density at radius 2 is 2.08 bits per heavy atom. The number of nitrogens with zero attached hydrogens (tertiary/aromatic N) is 4. The van der Waals surface area contributed by atoms with E-state index in [1.54, 1.807) is 10.6 Å². The fourth-order valence-electron chi connectivity index (χ4n) is 2.84. The predicted molar refractivity (Wildman–Crippen MR) is 92.2 cm³/mol. The van der Waals surface area contributed by atoms with Crippen LogP contribution in [0.3, 0.4) is 0 Å². The molecule has 3 aromatic heterocycles. The van der Waals surface area contributed by atoms with Crippen LogP contribution in [0.4, 0.5) is 5.82 Å². The van der Waals surface area contributed by atoms with Crippen LogP contribution >= 0.6 is 0 Å². The topological polar surface area (TPSA) is 88.0 Å². The van der Waals surface area contributed by atoms with E-state index in [4.69, 9.17) is 0 Å². The molecule has 0 aliphatic carbocycles. The van der Waals surface area contributed by atoms with E-state index in [1.807, 2.05) is 38.1 Å². The average Bonchev–Trinajstić information content (AvgIpc) is 3.02. The summed E-state index contributed by atoms with van der Waals surface area (Å²) in [7, 11) is 0. The van der Waals surface area contributed by atoms with Crippen LogP contribution in [0.25, 0.3) is 16.7 Å². The van der Waals surface area contributed by atoms with E-state index in [9.17, 15) is 4.79 Å². The zero-order valence-corrected chi connectivity index (χ0v) is 13.4. The van der Waals surface area contributed by atoms with Crippen molar-refractivity contribution in [2.45, 2.75) is 20.4 Å². The second-order valence-corrected chi connectivity index (χ2v) is 5.70. The van der Waals surface area contributed by atoms with Gasteiger partial charge in [0.1, 0.15) is 12.1 Å². The minimum absolute atomic E-state index is 0.112. The van der Waals surface area contributed by atoms with Crippen molar-refractivity contribution < 1.29 is 0 Å². The molecule has 7 nitrogen and oxygen atoms in total. The Bertz CT molecular complexity index is 1110. The number of nitrogens with one attached hydrogen (secondary N) is 2. The number of pyridine rings is 1. The first-order valence-electron chi connectivity index (χ1n) is 7.65. The Labute approximate surface area is 137 Å². The van der Waals surface area contributed by atoms with Gasteiger partial charge in [-0.25, -0.2) is 4.98 Å². The van der Waals surface area contributed by atoms with Crippen molar-refractivity contribution in [1.82, 2.24) is 24.6 Å². The van der Waals surface area contributed by atoms with Crippen LogP contribution in [0.1, 0.15) is 16.8 Å². The predicted octanol–water partition coefficient (Wildman–Crippen LogP) is 2.19. The van der Waals surface area contributed by atoms with Crippen LogP contribution in [0.15, 0.2) is 41.5 Å². The number of fused-ring (bicyclic) bond motifs is 2. The van der Waals surface area contributed by atoms with Crippen molar-refractivity contribution in [3.05, 3.63) is 63.8 Å². The van der Waals surface area contributed by atoms with E-state index in [1.165, 1.54) is 6.33 Å². The maximum Gasteiger partial charge on any atom is 0.254 e. The highest BCUT2D eigenvalue weighted by molar-refractivity contribution is 5.82. The molecule has 0 saturated heterocycles. The summed E-state index contributed by atoms with van der Waals surface area (Å²) in [6.07, 6.45) is 1.48. The molecule has 0 aliphatic heterocycles. The summed E-state index contributed by atoms with van der Waals surface area (Å²) < 4.78 is 1.68. The number of benzene rings is 1. The first-order valence-corrected chi connectivity index (χ1v) is 7.65. The SMILES string of the molecule is Cc1nc2ncnn2c(NCc2cc(=O)[nH]c3ccccc23)c1C. The molecule has 2 N–H and O–H groups in total. The van der Waals surface area contributed by atoms with Crippen LogP contribution in [-0.2, 0) is 6.54 Å². The molecule has 0 radical (unpaired) electrons. The van der Waals surface area contributed by atoms with Crippen LogP contribution < -0.4 is 10.9 Å². The second-order valence-electron chi connectivity index (χ2n) is 5.70. The van der Waals surface area contributed by atoms with Crippen molar-refractivity contribution in [1.29, 1.82) is 0 Å². The summed E-state index contributed by atoms with van der Waals surface area (Å²) in [6, 6.07) is 9.39. The molecule has 0 atom stereocenters. The summed E-state index contributed by atoms with van der Waals surface area (Å²) in [5.74, 6) is 1.38. The lowest BCUT2D eigenvalue weighted by molar-refractivity contribution is 0.903. The summed E-state index contributed by atoms with van der Waals surface area (Å²) in [4.78, 5) is 23.3. The molecular weight excluding hydrogens is 304 g/mol. The number of hydrogen-bond donors (Lipinski definition) is 2. The number of hydrogen-bond acceptors (Lipinski definition) is 5. The van der Waals surface area contributed by atoms with E-state index in [-0.39, 0.29) is 5.56 Å². The van der Waals surface area contributed by atoms with E-state index in [2.05, 4.69) is 25.4 Å². The van der Waals surface area contributed by atoms with Gasteiger partial charge in [0, 0.05) is 34.8 Å². The standard InChI is InChI=1S/C17H16N6O/c1-10-11(2)21-17-19-9-20-23(17)16(10)18-8-12-7-15(24)22-14-6-4-3-5-13(12)14/h3-7,9,18H,8H2,1-2H3,(H,22,24). The quantitative estimate of drug-likeness (QED) is 0.604. The number of H-pyrrole nitrogens is 1. The summed E-state index contributed by atoms with van der Waals surface area (Å²) in [5.41, 5.74) is 3.54. The molecule has 4 rings (SSSR count). The smallest absolute Gasteiger partial charge is 0.254 e. The molecule has 1 aromatic carbocycles. The first-order chi connectivity index (χ1) is 11.6. The Morgan fingerprint density at radius 3 is 2.96 bits per heavy atom. The van der Waals surface area contributed by atoms with E-state index in [0.717, 1.165) is 33.5 Å². The number of aryl methyl sites for hydroxylation is 1. The zero-order valence-electron chi connectivity index (χ0n) is 13.4. The third-order valence-electron chi connectivity index (χ3n) is 4.19. The van der Waals surface area contributed by atoms with Gasteiger partial charge >= 0.3 is 0 Å². The van der Waals surface area contributed by atoms with Gasteiger partial charge in [-0.05, 0) is 25.5 Å². The lowest BCUT2D eigenvalue weighted by Crippen LogP contribution is -2.13. The normalized spacial score (nSPS) is 11.2. The molecule has 0 fully saturated rings. The Morgan fingerprint density at radius 1 is 1.25 bits per heavy atom. The van der Waals surface area contributed by atoms with E-state index in [0.29, 0.717) is 12.3 Å². The number of para-hydroxylation sites is 1.